The molecule has 0 aliphatic heterocycles. The summed E-state index contributed by atoms with van der Waals surface area (Å²) in [4.78, 5) is 0. The van der Waals surface area contributed by atoms with Crippen LogP contribution in [0.3, 0.4) is 0 Å². The van der Waals surface area contributed by atoms with Crippen LogP contribution in [0.2, 0.25) is 0 Å². The Morgan fingerprint density at radius 1 is 0.735 bits per heavy atom. The van der Waals surface area contributed by atoms with Gasteiger partial charge in [0.25, 0.3) is 0 Å². The third-order valence-corrected chi connectivity index (χ3v) is 7.49. The van der Waals surface area contributed by atoms with Crippen LogP contribution in [-0.2, 0) is 6.42 Å². The number of rotatable bonds is 5. The van der Waals surface area contributed by atoms with E-state index in [9.17, 15) is 17.6 Å². The van der Waals surface area contributed by atoms with Crippen molar-refractivity contribution in [3.63, 3.8) is 0 Å². The fourth-order valence-electron chi connectivity index (χ4n) is 5.17. The normalized spacial score (nSPS) is 25.2. The molecule has 1 nitrogen and oxygen atoms in total. The van der Waals surface area contributed by atoms with E-state index < -0.39 is 6.36 Å². The fourth-order valence-corrected chi connectivity index (χ4v) is 5.17. The van der Waals surface area contributed by atoms with Gasteiger partial charge in [0.05, 0.1) is 0 Å². The molecule has 2 aromatic carbocycles. The van der Waals surface area contributed by atoms with E-state index in [1.54, 1.807) is 24.3 Å². The van der Waals surface area contributed by atoms with Gasteiger partial charge < -0.3 is 4.74 Å². The molecule has 0 heterocycles. The molecular formula is C29H38F4O. The van der Waals surface area contributed by atoms with Crippen LogP contribution in [0.25, 0.3) is 0 Å². The summed E-state index contributed by atoms with van der Waals surface area (Å²) in [6.45, 7) is 4.60. The standard InChI is InChI=1S/C15H21F.C14H17F3O/c1-12-2-4-13(5-3-12)6-7-14-8-10-15(16)11-9-14;1-10-2-4-11(5-3-10)12-6-8-13(9-7-12)18-14(15,16)17/h8-13H,2-7H2,1H3;6-11H,2-5H2,1H3. The number of aryl methyl sites for hydroxylation is 1. The maximum absolute atomic E-state index is 12.7. The van der Waals surface area contributed by atoms with Crippen molar-refractivity contribution in [1.82, 2.24) is 0 Å². The van der Waals surface area contributed by atoms with Gasteiger partial charge in [-0.25, -0.2) is 4.39 Å². The van der Waals surface area contributed by atoms with Crippen molar-refractivity contribution in [3.8, 4) is 5.75 Å². The lowest BCUT2D eigenvalue weighted by atomic mass is 9.79. The van der Waals surface area contributed by atoms with Crippen LogP contribution >= 0.6 is 0 Å². The lowest BCUT2D eigenvalue weighted by Gasteiger charge is -2.26. The molecule has 2 saturated carbocycles. The molecular weight excluding hydrogens is 440 g/mol. The first-order valence-electron chi connectivity index (χ1n) is 12.8. The van der Waals surface area contributed by atoms with Gasteiger partial charge in [-0.2, -0.15) is 0 Å². The molecule has 4 rings (SSSR count). The maximum Gasteiger partial charge on any atom is 0.573 e. The maximum atomic E-state index is 12.7. The summed E-state index contributed by atoms with van der Waals surface area (Å²) in [5.74, 6) is 2.82. The SMILES string of the molecule is CC1CCC(CCc2ccc(F)cc2)CC1.CC1CCC(c2ccc(OC(F)(F)F)cc2)CC1. The van der Waals surface area contributed by atoms with Crippen LogP contribution in [0.1, 0.15) is 88.7 Å². The molecule has 0 aromatic heterocycles. The highest BCUT2D eigenvalue weighted by molar-refractivity contribution is 5.29. The zero-order valence-electron chi connectivity index (χ0n) is 20.4. The van der Waals surface area contributed by atoms with Gasteiger partial charge in [-0.15, -0.1) is 13.2 Å². The molecule has 2 fully saturated rings. The van der Waals surface area contributed by atoms with Crippen molar-refractivity contribution >= 4 is 0 Å². The Balaban J connectivity index is 0.000000192. The van der Waals surface area contributed by atoms with Gasteiger partial charge in [0.2, 0.25) is 0 Å². The third-order valence-electron chi connectivity index (χ3n) is 7.49. The Morgan fingerprint density at radius 2 is 1.26 bits per heavy atom. The van der Waals surface area contributed by atoms with Gasteiger partial charge in [0, 0.05) is 0 Å². The lowest BCUT2D eigenvalue weighted by molar-refractivity contribution is -0.274. The molecule has 2 aliphatic rings. The Labute approximate surface area is 201 Å². The van der Waals surface area contributed by atoms with Crippen molar-refractivity contribution in [1.29, 1.82) is 0 Å². The molecule has 0 radical (unpaired) electrons. The summed E-state index contributed by atoms with van der Waals surface area (Å²) in [5.41, 5.74) is 2.40. The van der Waals surface area contributed by atoms with Gasteiger partial charge in [-0.1, -0.05) is 76.6 Å². The number of alkyl halides is 3. The predicted octanol–water partition coefficient (Wildman–Crippen LogP) is 9.46. The summed E-state index contributed by atoms with van der Waals surface area (Å²) < 4.78 is 52.6. The highest BCUT2D eigenvalue weighted by Gasteiger charge is 2.31. The van der Waals surface area contributed by atoms with Crippen LogP contribution in [-0.4, -0.2) is 6.36 Å². The van der Waals surface area contributed by atoms with Crippen molar-refractivity contribution in [2.24, 2.45) is 17.8 Å². The van der Waals surface area contributed by atoms with Crippen LogP contribution in [0.15, 0.2) is 48.5 Å². The van der Waals surface area contributed by atoms with E-state index in [4.69, 9.17) is 0 Å². The van der Waals surface area contributed by atoms with Crippen molar-refractivity contribution in [2.45, 2.75) is 90.3 Å². The zero-order valence-corrected chi connectivity index (χ0v) is 20.4. The molecule has 188 valence electrons. The Bertz CT molecular complexity index is 828. The molecule has 2 aliphatic carbocycles. The smallest absolute Gasteiger partial charge is 0.406 e. The Hall–Kier alpha value is -2.04. The van der Waals surface area contributed by atoms with E-state index in [0.29, 0.717) is 5.92 Å². The summed E-state index contributed by atoms with van der Waals surface area (Å²) >= 11 is 0. The summed E-state index contributed by atoms with van der Waals surface area (Å²) in [7, 11) is 0. The second-order valence-electron chi connectivity index (χ2n) is 10.4. The van der Waals surface area contributed by atoms with E-state index in [2.05, 4.69) is 18.6 Å². The highest BCUT2D eigenvalue weighted by Crippen LogP contribution is 2.36. The van der Waals surface area contributed by atoms with Gasteiger partial charge in [0.15, 0.2) is 0 Å². The lowest BCUT2D eigenvalue weighted by Crippen LogP contribution is -2.17. The molecule has 2 aromatic rings. The Kier molecular flexibility index (Phi) is 9.85. The first-order valence-corrected chi connectivity index (χ1v) is 12.8. The molecule has 0 saturated heterocycles. The van der Waals surface area contributed by atoms with Gasteiger partial charge in [-0.05, 0) is 84.7 Å². The minimum atomic E-state index is -4.61. The average Bonchev–Trinajstić information content (AvgIpc) is 2.80. The quantitative estimate of drug-likeness (QED) is 0.389. The number of hydrogen-bond acceptors (Lipinski definition) is 1. The number of benzene rings is 2. The molecule has 0 atom stereocenters. The monoisotopic (exact) mass is 478 g/mol. The Morgan fingerprint density at radius 3 is 1.79 bits per heavy atom. The van der Waals surface area contributed by atoms with Gasteiger partial charge in [0.1, 0.15) is 11.6 Å². The minimum absolute atomic E-state index is 0.129. The molecule has 0 amide bonds. The molecule has 0 spiro atoms. The summed E-state index contributed by atoms with van der Waals surface area (Å²) in [6.07, 6.45) is 8.00. The fraction of sp³-hybridized carbons (Fsp3) is 0.586. The zero-order chi connectivity index (χ0) is 24.6. The molecule has 0 unspecified atom stereocenters. The summed E-state index contributed by atoms with van der Waals surface area (Å²) in [6, 6.07) is 13.3. The molecule has 34 heavy (non-hydrogen) atoms. The first kappa shape index (κ1) is 26.6. The third kappa shape index (κ3) is 9.31. The van der Waals surface area contributed by atoms with E-state index in [1.807, 2.05) is 12.1 Å². The second kappa shape index (κ2) is 12.6. The van der Waals surface area contributed by atoms with Gasteiger partial charge in [-0.3, -0.25) is 0 Å². The molecule has 0 bridgehead atoms. The largest absolute Gasteiger partial charge is 0.573 e. The van der Waals surface area contributed by atoms with Crippen LogP contribution in [0.4, 0.5) is 17.6 Å². The first-order chi connectivity index (χ1) is 16.2. The van der Waals surface area contributed by atoms with E-state index in [0.717, 1.165) is 42.6 Å². The average molecular weight is 479 g/mol. The van der Waals surface area contributed by atoms with E-state index in [-0.39, 0.29) is 11.6 Å². The van der Waals surface area contributed by atoms with Crippen molar-refractivity contribution in [3.05, 3.63) is 65.5 Å². The van der Waals surface area contributed by atoms with Crippen LogP contribution in [0.5, 0.6) is 5.75 Å². The minimum Gasteiger partial charge on any atom is -0.406 e. The second-order valence-corrected chi connectivity index (χ2v) is 10.4. The molecule has 0 N–H and O–H groups in total. The van der Waals surface area contributed by atoms with E-state index >= 15 is 0 Å². The van der Waals surface area contributed by atoms with Crippen molar-refractivity contribution < 1.29 is 22.3 Å². The van der Waals surface area contributed by atoms with E-state index in [1.165, 1.54) is 62.6 Å². The van der Waals surface area contributed by atoms with Crippen molar-refractivity contribution in [2.75, 3.05) is 0 Å². The summed E-state index contributed by atoms with van der Waals surface area (Å²) in [5, 5.41) is 0. The van der Waals surface area contributed by atoms with Crippen LogP contribution in [0, 0.1) is 23.6 Å². The van der Waals surface area contributed by atoms with Gasteiger partial charge >= 0.3 is 6.36 Å². The molecule has 5 heteroatoms. The predicted molar refractivity (Wildman–Crippen MR) is 129 cm³/mol. The number of ether oxygens (including phenoxy) is 1. The number of halogens is 4. The van der Waals surface area contributed by atoms with Crippen LogP contribution < -0.4 is 4.74 Å². The topological polar surface area (TPSA) is 9.23 Å². The highest BCUT2D eigenvalue weighted by atomic mass is 19.4. The number of hydrogen-bond donors (Lipinski definition) is 0.